The molecular formula is C12H19N3OS. The molecule has 2 rings (SSSR count). The maximum atomic E-state index is 12.0. The molecule has 1 fully saturated rings. The molecule has 17 heavy (non-hydrogen) atoms. The number of rotatable bonds is 3. The van der Waals surface area contributed by atoms with Crippen molar-refractivity contribution in [3.63, 3.8) is 0 Å². The molecule has 1 aromatic rings. The Hall–Kier alpha value is -0.940. The van der Waals surface area contributed by atoms with Gasteiger partial charge in [0.15, 0.2) is 0 Å². The molecule has 94 valence electrons. The Kier molecular flexibility index (Phi) is 3.79. The van der Waals surface area contributed by atoms with Crippen LogP contribution >= 0.6 is 11.3 Å². The van der Waals surface area contributed by atoms with Gasteiger partial charge in [0.25, 0.3) is 0 Å². The number of carbonyl (C=O) groups is 1. The van der Waals surface area contributed by atoms with Crippen molar-refractivity contribution in [1.29, 1.82) is 0 Å². The monoisotopic (exact) mass is 253 g/mol. The first-order valence-corrected chi connectivity index (χ1v) is 6.84. The summed E-state index contributed by atoms with van der Waals surface area (Å²) < 4.78 is 0. The van der Waals surface area contributed by atoms with Gasteiger partial charge in [-0.25, -0.2) is 4.98 Å². The van der Waals surface area contributed by atoms with E-state index >= 15 is 0 Å². The lowest BCUT2D eigenvalue weighted by Gasteiger charge is -2.15. The van der Waals surface area contributed by atoms with E-state index in [2.05, 4.69) is 15.6 Å². The quantitative estimate of drug-likeness (QED) is 0.859. The summed E-state index contributed by atoms with van der Waals surface area (Å²) in [6.07, 6.45) is 0.944. The van der Waals surface area contributed by atoms with Crippen LogP contribution < -0.4 is 10.6 Å². The number of nitrogens with one attached hydrogen (secondary N) is 2. The van der Waals surface area contributed by atoms with Crippen LogP contribution in [0.15, 0.2) is 0 Å². The van der Waals surface area contributed by atoms with Crippen LogP contribution in [0.2, 0.25) is 0 Å². The predicted molar refractivity (Wildman–Crippen MR) is 69.1 cm³/mol. The van der Waals surface area contributed by atoms with Crippen LogP contribution in [0.1, 0.15) is 35.0 Å². The lowest BCUT2D eigenvalue weighted by molar-refractivity contribution is -0.125. The molecule has 0 spiro atoms. The van der Waals surface area contributed by atoms with Crippen LogP contribution in [0.5, 0.6) is 0 Å². The fourth-order valence-electron chi connectivity index (χ4n) is 2.22. The summed E-state index contributed by atoms with van der Waals surface area (Å²) in [6, 6.07) is 0.0642. The third kappa shape index (κ3) is 2.84. The number of amides is 1. The normalized spacial score (nSPS) is 21.5. The number of carbonyl (C=O) groups excluding carboxylic acids is 1. The van der Waals surface area contributed by atoms with Gasteiger partial charge in [-0.1, -0.05) is 0 Å². The minimum atomic E-state index is 0.0642. The van der Waals surface area contributed by atoms with Gasteiger partial charge in [0, 0.05) is 11.4 Å². The fourth-order valence-corrected chi connectivity index (χ4v) is 3.15. The molecule has 1 aliphatic rings. The Balaban J connectivity index is 1.98. The van der Waals surface area contributed by atoms with Crippen molar-refractivity contribution < 1.29 is 4.79 Å². The topological polar surface area (TPSA) is 54.0 Å². The highest BCUT2D eigenvalue weighted by Crippen LogP contribution is 2.24. The number of nitrogens with zero attached hydrogens (tertiary/aromatic N) is 1. The summed E-state index contributed by atoms with van der Waals surface area (Å²) in [6.45, 7) is 7.78. The molecule has 0 saturated carbocycles. The second-order valence-electron chi connectivity index (χ2n) is 4.60. The van der Waals surface area contributed by atoms with Gasteiger partial charge in [0.2, 0.25) is 5.91 Å². The zero-order valence-electron chi connectivity index (χ0n) is 10.5. The lowest BCUT2D eigenvalue weighted by Crippen LogP contribution is -2.33. The molecule has 2 N–H and O–H groups in total. The molecule has 1 aliphatic heterocycles. The Morgan fingerprint density at radius 3 is 2.88 bits per heavy atom. The van der Waals surface area contributed by atoms with E-state index in [1.54, 1.807) is 11.3 Å². The van der Waals surface area contributed by atoms with Gasteiger partial charge in [-0.3, -0.25) is 4.79 Å². The van der Waals surface area contributed by atoms with E-state index in [1.807, 2.05) is 20.8 Å². The number of thiazole rings is 1. The fraction of sp³-hybridized carbons (Fsp3) is 0.667. The van der Waals surface area contributed by atoms with Gasteiger partial charge in [0.05, 0.1) is 22.7 Å². The molecule has 1 saturated heterocycles. The van der Waals surface area contributed by atoms with Crippen molar-refractivity contribution in [3.8, 4) is 0 Å². The van der Waals surface area contributed by atoms with Crippen molar-refractivity contribution in [2.24, 2.45) is 5.92 Å². The van der Waals surface area contributed by atoms with Gasteiger partial charge >= 0.3 is 0 Å². The largest absolute Gasteiger partial charge is 0.348 e. The Morgan fingerprint density at radius 1 is 1.59 bits per heavy atom. The zero-order valence-corrected chi connectivity index (χ0v) is 11.4. The summed E-state index contributed by atoms with van der Waals surface area (Å²) in [7, 11) is 0. The van der Waals surface area contributed by atoms with Crippen LogP contribution in [0.3, 0.4) is 0 Å². The summed E-state index contributed by atoms with van der Waals surface area (Å²) in [5.74, 6) is 0.291. The Bertz CT molecular complexity index is 410. The summed E-state index contributed by atoms with van der Waals surface area (Å²) >= 11 is 1.67. The third-order valence-electron chi connectivity index (χ3n) is 3.12. The van der Waals surface area contributed by atoms with Crippen molar-refractivity contribution in [2.75, 3.05) is 13.1 Å². The number of hydrogen-bond donors (Lipinski definition) is 2. The molecule has 2 heterocycles. The van der Waals surface area contributed by atoms with E-state index in [4.69, 9.17) is 0 Å². The standard InChI is InChI=1S/C12H19N3OS/c1-7-11(17-9(3)14-7)8(2)15-12(16)10-4-5-13-6-10/h8,10,13H,4-6H2,1-3H3,(H,15,16). The number of hydrogen-bond acceptors (Lipinski definition) is 4. The highest BCUT2D eigenvalue weighted by molar-refractivity contribution is 7.11. The van der Waals surface area contributed by atoms with E-state index in [9.17, 15) is 4.79 Å². The highest BCUT2D eigenvalue weighted by Gasteiger charge is 2.24. The van der Waals surface area contributed by atoms with Crippen LogP contribution in [0, 0.1) is 19.8 Å². The minimum absolute atomic E-state index is 0.0642. The van der Waals surface area contributed by atoms with Crippen molar-refractivity contribution in [1.82, 2.24) is 15.6 Å². The van der Waals surface area contributed by atoms with Crippen molar-refractivity contribution in [3.05, 3.63) is 15.6 Å². The SMILES string of the molecule is Cc1nc(C)c(C(C)NC(=O)C2CCNC2)s1. The minimum Gasteiger partial charge on any atom is -0.348 e. The maximum Gasteiger partial charge on any atom is 0.224 e. The van der Waals surface area contributed by atoms with Crippen LogP contribution in [0.25, 0.3) is 0 Å². The van der Waals surface area contributed by atoms with Gasteiger partial charge < -0.3 is 10.6 Å². The molecule has 4 nitrogen and oxygen atoms in total. The van der Waals surface area contributed by atoms with Crippen LogP contribution in [-0.2, 0) is 4.79 Å². The van der Waals surface area contributed by atoms with E-state index in [0.717, 1.165) is 30.2 Å². The van der Waals surface area contributed by atoms with Gasteiger partial charge in [-0.15, -0.1) is 11.3 Å². The molecule has 0 aliphatic carbocycles. The first-order valence-electron chi connectivity index (χ1n) is 6.03. The molecule has 2 unspecified atom stereocenters. The summed E-state index contributed by atoms with van der Waals surface area (Å²) in [4.78, 5) is 17.5. The molecular weight excluding hydrogens is 234 g/mol. The van der Waals surface area contributed by atoms with Crippen molar-refractivity contribution in [2.45, 2.75) is 33.2 Å². The molecule has 1 aromatic heterocycles. The van der Waals surface area contributed by atoms with Gasteiger partial charge in [0.1, 0.15) is 0 Å². The van der Waals surface area contributed by atoms with Crippen LogP contribution in [0.4, 0.5) is 0 Å². The van der Waals surface area contributed by atoms with Gasteiger partial charge in [-0.05, 0) is 33.7 Å². The van der Waals surface area contributed by atoms with E-state index < -0.39 is 0 Å². The van der Waals surface area contributed by atoms with Gasteiger partial charge in [-0.2, -0.15) is 0 Å². The smallest absolute Gasteiger partial charge is 0.224 e. The van der Waals surface area contributed by atoms with E-state index in [-0.39, 0.29) is 17.9 Å². The Labute approximate surface area is 106 Å². The van der Waals surface area contributed by atoms with E-state index in [1.165, 1.54) is 4.88 Å². The molecule has 2 atom stereocenters. The first-order chi connectivity index (χ1) is 8.08. The number of aromatic nitrogens is 1. The summed E-state index contributed by atoms with van der Waals surface area (Å²) in [5, 5.41) is 7.35. The highest BCUT2D eigenvalue weighted by atomic mass is 32.1. The molecule has 0 bridgehead atoms. The van der Waals surface area contributed by atoms with E-state index in [0.29, 0.717) is 0 Å². The first kappa shape index (κ1) is 12.5. The average molecular weight is 253 g/mol. The number of aryl methyl sites for hydroxylation is 2. The molecule has 0 aromatic carbocycles. The molecule has 1 amide bonds. The summed E-state index contributed by atoms with van der Waals surface area (Å²) in [5.41, 5.74) is 1.03. The molecule has 5 heteroatoms. The van der Waals surface area contributed by atoms with Crippen molar-refractivity contribution >= 4 is 17.2 Å². The third-order valence-corrected chi connectivity index (χ3v) is 4.38. The van der Waals surface area contributed by atoms with Crippen LogP contribution in [-0.4, -0.2) is 24.0 Å². The lowest BCUT2D eigenvalue weighted by atomic mass is 10.1. The second kappa shape index (κ2) is 5.14. The predicted octanol–water partition coefficient (Wildman–Crippen LogP) is 1.55. The zero-order chi connectivity index (χ0) is 12.4. The molecule has 0 radical (unpaired) electrons. The Morgan fingerprint density at radius 2 is 2.35 bits per heavy atom. The second-order valence-corrected chi connectivity index (χ2v) is 5.84. The average Bonchev–Trinajstić information content (AvgIpc) is 2.87. The maximum absolute atomic E-state index is 12.0.